The molecule has 34 heavy (non-hydrogen) atoms. The second kappa shape index (κ2) is 8.87. The topological polar surface area (TPSA) is 141 Å². The van der Waals surface area contributed by atoms with Crippen LogP contribution in [0.2, 0.25) is 0 Å². The highest BCUT2D eigenvalue weighted by Crippen LogP contribution is 2.38. The first kappa shape index (κ1) is 20.9. The second-order valence-electron chi connectivity index (χ2n) is 7.16. The number of nitrogens with zero attached hydrogens (tertiary/aromatic N) is 4. The molecule has 10 heteroatoms. The molecule has 0 fully saturated rings. The maximum absolute atomic E-state index is 12.0. The van der Waals surface area contributed by atoms with Gasteiger partial charge < -0.3 is 25.5 Å². The van der Waals surface area contributed by atoms with Gasteiger partial charge >= 0.3 is 0 Å². The summed E-state index contributed by atoms with van der Waals surface area (Å²) in [5.74, 6) is 1.17. The van der Waals surface area contributed by atoms with Crippen LogP contribution in [0, 0.1) is 0 Å². The lowest BCUT2D eigenvalue weighted by molar-refractivity contribution is 0.100. The summed E-state index contributed by atoms with van der Waals surface area (Å²) in [5, 5.41) is 6.13. The van der Waals surface area contributed by atoms with E-state index in [2.05, 4.69) is 30.6 Å². The van der Waals surface area contributed by atoms with Gasteiger partial charge in [0, 0.05) is 12.4 Å². The first-order valence-electron chi connectivity index (χ1n) is 10.3. The summed E-state index contributed by atoms with van der Waals surface area (Å²) in [6.45, 7) is 0. The van der Waals surface area contributed by atoms with Crippen molar-refractivity contribution in [2.45, 2.75) is 0 Å². The summed E-state index contributed by atoms with van der Waals surface area (Å²) in [7, 11) is 1.54. The van der Waals surface area contributed by atoms with Crippen LogP contribution in [0.4, 0.5) is 23.3 Å². The lowest BCUT2D eigenvalue weighted by atomic mass is 10.1. The summed E-state index contributed by atoms with van der Waals surface area (Å²) in [6.07, 6.45) is 2.99. The van der Waals surface area contributed by atoms with E-state index in [1.54, 1.807) is 24.4 Å². The van der Waals surface area contributed by atoms with Crippen LogP contribution >= 0.6 is 0 Å². The summed E-state index contributed by atoms with van der Waals surface area (Å²) in [4.78, 5) is 29.4. The Balaban J connectivity index is 1.54. The van der Waals surface area contributed by atoms with Gasteiger partial charge in [0.25, 0.3) is 5.91 Å². The fraction of sp³-hybridized carbons (Fsp3) is 0.0417. The fourth-order valence-corrected chi connectivity index (χ4v) is 3.41. The number of oxazole rings is 1. The van der Waals surface area contributed by atoms with E-state index in [-0.39, 0.29) is 17.3 Å². The van der Waals surface area contributed by atoms with Crippen LogP contribution in [0.15, 0.2) is 77.5 Å². The molecule has 2 aromatic carbocycles. The molecule has 0 spiro atoms. The number of pyridine rings is 1. The number of nitrogens with one attached hydrogen (secondary N) is 2. The zero-order valence-electron chi connectivity index (χ0n) is 18.0. The number of aromatic nitrogens is 4. The number of primary amides is 1. The van der Waals surface area contributed by atoms with Gasteiger partial charge in [0.1, 0.15) is 22.7 Å². The number of anilines is 4. The monoisotopic (exact) mass is 453 g/mol. The SMILES string of the molecule is COc1c(Nc2nc(Nc3ccccn3)ncc2C(N)=O)cccc1-c1nc2ccccc2o1. The molecule has 0 aliphatic rings. The van der Waals surface area contributed by atoms with Crippen molar-refractivity contribution in [3.63, 3.8) is 0 Å². The Kier molecular flexibility index (Phi) is 5.45. The number of hydrogen-bond donors (Lipinski definition) is 3. The molecule has 5 aromatic rings. The highest BCUT2D eigenvalue weighted by molar-refractivity contribution is 5.98. The third-order valence-electron chi connectivity index (χ3n) is 4.96. The number of carbonyl (C=O) groups excluding carboxylic acids is 1. The van der Waals surface area contributed by atoms with Crippen molar-refractivity contribution < 1.29 is 13.9 Å². The van der Waals surface area contributed by atoms with Gasteiger partial charge in [0.15, 0.2) is 11.3 Å². The normalized spacial score (nSPS) is 10.7. The zero-order valence-corrected chi connectivity index (χ0v) is 18.0. The minimum Gasteiger partial charge on any atom is -0.494 e. The molecule has 0 radical (unpaired) electrons. The van der Waals surface area contributed by atoms with Crippen LogP contribution in [0.3, 0.4) is 0 Å². The van der Waals surface area contributed by atoms with Crippen molar-refractivity contribution in [3.05, 3.63) is 78.6 Å². The Morgan fingerprint density at radius 2 is 1.82 bits per heavy atom. The average Bonchev–Trinajstić information content (AvgIpc) is 3.29. The largest absolute Gasteiger partial charge is 0.494 e. The second-order valence-corrected chi connectivity index (χ2v) is 7.16. The van der Waals surface area contributed by atoms with Gasteiger partial charge in [-0.25, -0.2) is 15.0 Å². The van der Waals surface area contributed by atoms with Gasteiger partial charge in [-0.3, -0.25) is 4.79 Å². The summed E-state index contributed by atoms with van der Waals surface area (Å²) in [5.41, 5.74) is 8.23. The van der Waals surface area contributed by atoms with Crippen molar-refractivity contribution in [2.24, 2.45) is 5.73 Å². The predicted octanol–water partition coefficient (Wildman–Crippen LogP) is 4.27. The number of carbonyl (C=O) groups is 1. The van der Waals surface area contributed by atoms with Crippen LogP contribution in [0.5, 0.6) is 5.75 Å². The molecule has 1 amide bonds. The number of benzene rings is 2. The maximum atomic E-state index is 12.0. The summed E-state index contributed by atoms with van der Waals surface area (Å²) >= 11 is 0. The average molecular weight is 453 g/mol. The molecule has 0 saturated heterocycles. The van der Waals surface area contributed by atoms with E-state index in [1.165, 1.54) is 13.3 Å². The number of methoxy groups -OCH3 is 1. The summed E-state index contributed by atoms with van der Waals surface area (Å²) < 4.78 is 11.6. The first-order chi connectivity index (χ1) is 16.6. The number of para-hydroxylation sites is 3. The quantitative estimate of drug-likeness (QED) is 0.329. The minimum absolute atomic E-state index is 0.112. The molecule has 0 unspecified atom stereocenters. The zero-order chi connectivity index (χ0) is 23.5. The molecule has 3 heterocycles. The van der Waals surface area contributed by atoms with Gasteiger partial charge in [-0.2, -0.15) is 4.98 Å². The number of amides is 1. The van der Waals surface area contributed by atoms with Crippen molar-refractivity contribution >= 4 is 40.3 Å². The fourth-order valence-electron chi connectivity index (χ4n) is 3.41. The lowest BCUT2D eigenvalue weighted by Gasteiger charge is -2.15. The molecular weight excluding hydrogens is 434 g/mol. The van der Waals surface area contributed by atoms with Gasteiger partial charge in [0.05, 0.1) is 18.4 Å². The molecular formula is C24H19N7O3. The van der Waals surface area contributed by atoms with Crippen LogP contribution < -0.4 is 21.1 Å². The number of fused-ring (bicyclic) bond motifs is 1. The number of ether oxygens (including phenoxy) is 1. The van der Waals surface area contributed by atoms with Crippen LogP contribution in [-0.4, -0.2) is 33.0 Å². The van der Waals surface area contributed by atoms with Gasteiger partial charge in [-0.1, -0.05) is 24.3 Å². The highest BCUT2D eigenvalue weighted by Gasteiger charge is 2.19. The van der Waals surface area contributed by atoms with Gasteiger partial charge in [-0.15, -0.1) is 0 Å². The van der Waals surface area contributed by atoms with E-state index >= 15 is 0 Å². The van der Waals surface area contributed by atoms with E-state index in [1.807, 2.05) is 42.5 Å². The van der Waals surface area contributed by atoms with Crippen molar-refractivity contribution in [1.82, 2.24) is 19.9 Å². The Labute approximate surface area is 193 Å². The molecule has 0 aliphatic carbocycles. The van der Waals surface area contributed by atoms with E-state index in [4.69, 9.17) is 14.9 Å². The molecule has 168 valence electrons. The molecule has 3 aromatic heterocycles. The third-order valence-corrected chi connectivity index (χ3v) is 4.96. The van der Waals surface area contributed by atoms with Gasteiger partial charge in [-0.05, 0) is 36.4 Å². The standard InChI is InChI=1S/C24H19N7O3/c1-33-20-14(23-29-16-8-2-3-10-18(16)34-23)7-6-9-17(20)28-22-15(21(25)32)13-27-24(31-22)30-19-11-4-5-12-26-19/h2-13H,1H3,(H2,25,32)(H2,26,27,28,30,31). The number of rotatable bonds is 7. The Morgan fingerprint density at radius 1 is 0.971 bits per heavy atom. The Bertz CT molecular complexity index is 1450. The minimum atomic E-state index is -0.680. The van der Waals surface area contributed by atoms with E-state index in [0.717, 1.165) is 5.52 Å². The summed E-state index contributed by atoms with van der Waals surface area (Å²) in [6, 6.07) is 18.3. The highest BCUT2D eigenvalue weighted by atomic mass is 16.5. The van der Waals surface area contributed by atoms with E-state index in [0.29, 0.717) is 34.3 Å². The molecule has 0 atom stereocenters. The Morgan fingerprint density at radius 3 is 2.59 bits per heavy atom. The third kappa shape index (κ3) is 4.07. The van der Waals surface area contributed by atoms with Gasteiger partial charge in [0.2, 0.25) is 11.8 Å². The molecule has 10 nitrogen and oxygen atoms in total. The van der Waals surface area contributed by atoms with Crippen LogP contribution in [0.1, 0.15) is 10.4 Å². The number of nitrogens with two attached hydrogens (primary N) is 1. The first-order valence-corrected chi connectivity index (χ1v) is 10.3. The van der Waals surface area contributed by atoms with E-state index < -0.39 is 5.91 Å². The van der Waals surface area contributed by atoms with E-state index in [9.17, 15) is 4.79 Å². The lowest BCUT2D eigenvalue weighted by Crippen LogP contribution is -2.16. The number of hydrogen-bond acceptors (Lipinski definition) is 9. The van der Waals surface area contributed by atoms with Crippen molar-refractivity contribution in [3.8, 4) is 17.2 Å². The molecule has 0 aliphatic heterocycles. The van der Waals surface area contributed by atoms with Crippen LogP contribution in [-0.2, 0) is 0 Å². The molecule has 0 bridgehead atoms. The predicted molar refractivity (Wildman–Crippen MR) is 127 cm³/mol. The molecule has 5 rings (SSSR count). The smallest absolute Gasteiger partial charge is 0.254 e. The molecule has 0 saturated carbocycles. The van der Waals surface area contributed by atoms with Crippen molar-refractivity contribution in [1.29, 1.82) is 0 Å². The maximum Gasteiger partial charge on any atom is 0.254 e. The van der Waals surface area contributed by atoms with Crippen molar-refractivity contribution in [2.75, 3.05) is 17.7 Å². The van der Waals surface area contributed by atoms with Crippen LogP contribution in [0.25, 0.3) is 22.6 Å². The molecule has 4 N–H and O–H groups in total. The Hall–Kier alpha value is -4.99.